The highest BCUT2D eigenvalue weighted by atomic mass is 19.4. The molecule has 0 spiro atoms. The zero-order valence-electron chi connectivity index (χ0n) is 10.5. The quantitative estimate of drug-likeness (QED) is 0.667. The molecule has 1 atom stereocenters. The Balaban J connectivity index is 7.74. The van der Waals surface area contributed by atoms with Gasteiger partial charge in [0, 0.05) is 0 Å². The first kappa shape index (κ1) is 23.4. The Morgan fingerprint density at radius 3 is 0.880 bits per heavy atom. The van der Waals surface area contributed by atoms with Crippen molar-refractivity contribution in [3.05, 3.63) is 0 Å². The molecular formula is C8F15O2-. The maximum Gasteiger partial charge on any atom is 0.430 e. The summed E-state index contributed by atoms with van der Waals surface area (Å²) in [6, 6.07) is 0. The third kappa shape index (κ3) is 2.74. The van der Waals surface area contributed by atoms with Gasteiger partial charge in [-0.25, -0.2) is 4.39 Å². The SMILES string of the molecule is O=C([O-])C(F)(F)C(F)(C(F)(F)F)C(C(F)(F)F)(C(F)(F)F)C(F)(F)F. The molecule has 2 nitrogen and oxygen atoms in total. The second-order valence-electron chi connectivity index (χ2n) is 4.26. The molecule has 0 amide bonds. The first-order valence-electron chi connectivity index (χ1n) is 4.99. The molecule has 0 saturated heterocycles. The van der Waals surface area contributed by atoms with Gasteiger partial charge in [-0.1, -0.05) is 0 Å². The first-order chi connectivity index (χ1) is 10.4. The van der Waals surface area contributed by atoms with Gasteiger partial charge in [0.15, 0.2) is 0 Å². The molecular weight excluding hydrogens is 413 g/mol. The van der Waals surface area contributed by atoms with Crippen LogP contribution in [0.1, 0.15) is 0 Å². The minimum Gasteiger partial charge on any atom is -0.544 e. The second kappa shape index (κ2) is 5.46. The van der Waals surface area contributed by atoms with Crippen LogP contribution in [0, 0.1) is 5.41 Å². The summed E-state index contributed by atoms with van der Waals surface area (Å²) in [4.78, 5) is 9.84. The Kier molecular flexibility index (Phi) is 5.11. The second-order valence-corrected chi connectivity index (χ2v) is 4.26. The summed E-state index contributed by atoms with van der Waals surface area (Å²) in [6.07, 6.45) is -33.7. The fraction of sp³-hybridized carbons (Fsp3) is 0.875. The zero-order chi connectivity index (χ0) is 21.1. The number of alkyl halides is 15. The lowest BCUT2D eigenvalue weighted by atomic mass is 9.66. The molecule has 0 saturated carbocycles. The van der Waals surface area contributed by atoms with Gasteiger partial charge in [-0.2, -0.15) is 61.5 Å². The Morgan fingerprint density at radius 2 is 0.760 bits per heavy atom. The van der Waals surface area contributed by atoms with Gasteiger partial charge in [0.05, 0.1) is 0 Å². The van der Waals surface area contributed by atoms with Gasteiger partial charge in [-0.3, -0.25) is 0 Å². The fourth-order valence-electron chi connectivity index (χ4n) is 1.83. The normalized spacial score (nSPS) is 18.0. The van der Waals surface area contributed by atoms with Gasteiger partial charge in [0.1, 0.15) is 5.97 Å². The average molecular weight is 413 g/mol. The van der Waals surface area contributed by atoms with E-state index >= 15 is 0 Å². The maximum atomic E-state index is 13.7. The van der Waals surface area contributed by atoms with Crippen LogP contribution >= 0.6 is 0 Å². The molecule has 150 valence electrons. The van der Waals surface area contributed by atoms with E-state index in [4.69, 9.17) is 0 Å². The highest BCUT2D eigenvalue weighted by Gasteiger charge is 3.01. The van der Waals surface area contributed by atoms with Crippen LogP contribution < -0.4 is 5.11 Å². The number of carboxylic acid groups (broad SMARTS) is 1. The molecule has 0 aromatic heterocycles. The van der Waals surface area contributed by atoms with Crippen molar-refractivity contribution < 1.29 is 75.8 Å². The molecule has 0 aliphatic heterocycles. The molecule has 0 bridgehead atoms. The third-order valence-corrected chi connectivity index (χ3v) is 2.87. The van der Waals surface area contributed by atoms with Crippen LogP contribution in [0.3, 0.4) is 0 Å². The van der Waals surface area contributed by atoms with E-state index in [-0.39, 0.29) is 0 Å². The minimum absolute atomic E-state index is 4.89. The predicted octanol–water partition coefficient (Wildman–Crippen LogP) is 3.32. The number of aliphatic carboxylic acids is 1. The average Bonchev–Trinajstić information content (AvgIpc) is 2.20. The summed E-state index contributed by atoms with van der Waals surface area (Å²) in [7, 11) is 0. The lowest BCUT2D eigenvalue weighted by Crippen LogP contribution is -2.81. The van der Waals surface area contributed by atoms with Crippen molar-refractivity contribution in [3.63, 3.8) is 0 Å². The van der Waals surface area contributed by atoms with Crippen LogP contribution in [0.5, 0.6) is 0 Å². The van der Waals surface area contributed by atoms with Crippen LogP contribution in [0.15, 0.2) is 0 Å². The van der Waals surface area contributed by atoms with Crippen molar-refractivity contribution in [1.82, 2.24) is 0 Å². The predicted molar refractivity (Wildman–Crippen MR) is 40.4 cm³/mol. The zero-order valence-corrected chi connectivity index (χ0v) is 10.5. The summed E-state index contributed by atoms with van der Waals surface area (Å²) in [5, 5.41) is 9.84. The molecule has 0 rings (SSSR count). The molecule has 0 radical (unpaired) electrons. The number of carbonyl (C=O) groups is 1. The van der Waals surface area contributed by atoms with E-state index in [2.05, 4.69) is 0 Å². The largest absolute Gasteiger partial charge is 0.544 e. The summed E-state index contributed by atoms with van der Waals surface area (Å²) in [6.45, 7) is 0. The standard InChI is InChI=1S/C8HF15O2/c9-2(10,1(24)25)4(11,8(21,22)23)3(5(12,13)14,6(15,16)17)7(18,19)20/h(H,24,25)/p-1. The molecule has 0 N–H and O–H groups in total. The van der Waals surface area contributed by atoms with Crippen LogP contribution in [0.2, 0.25) is 0 Å². The van der Waals surface area contributed by atoms with E-state index in [0.29, 0.717) is 0 Å². The van der Waals surface area contributed by atoms with Gasteiger partial charge in [-0.15, -0.1) is 0 Å². The van der Waals surface area contributed by atoms with E-state index in [0.717, 1.165) is 0 Å². The van der Waals surface area contributed by atoms with Crippen LogP contribution in [-0.4, -0.2) is 42.3 Å². The van der Waals surface area contributed by atoms with Crippen molar-refractivity contribution in [2.24, 2.45) is 5.41 Å². The van der Waals surface area contributed by atoms with Crippen molar-refractivity contribution in [2.45, 2.75) is 36.3 Å². The molecule has 25 heavy (non-hydrogen) atoms. The van der Waals surface area contributed by atoms with Crippen molar-refractivity contribution >= 4 is 5.97 Å². The Hall–Kier alpha value is -1.58. The highest BCUT2D eigenvalue weighted by molar-refractivity contribution is 5.76. The Bertz CT molecular complexity index is 484. The van der Waals surface area contributed by atoms with Crippen molar-refractivity contribution in [1.29, 1.82) is 0 Å². The summed E-state index contributed by atoms with van der Waals surface area (Å²) < 4.78 is 189. The summed E-state index contributed by atoms with van der Waals surface area (Å²) in [5.74, 6) is -12.8. The van der Waals surface area contributed by atoms with E-state index in [1.807, 2.05) is 0 Å². The smallest absolute Gasteiger partial charge is 0.430 e. The van der Waals surface area contributed by atoms with E-state index in [1.54, 1.807) is 0 Å². The molecule has 0 fully saturated rings. The number of carboxylic acids is 1. The van der Waals surface area contributed by atoms with Crippen molar-refractivity contribution in [3.8, 4) is 0 Å². The minimum atomic E-state index is -8.85. The number of halogens is 15. The number of hydrogen-bond donors (Lipinski definition) is 0. The van der Waals surface area contributed by atoms with Gasteiger partial charge >= 0.3 is 41.7 Å². The Labute approximate surface area is 125 Å². The lowest BCUT2D eigenvalue weighted by molar-refractivity contribution is -0.508. The highest BCUT2D eigenvalue weighted by Crippen LogP contribution is 2.72. The third-order valence-electron chi connectivity index (χ3n) is 2.87. The number of hydrogen-bond acceptors (Lipinski definition) is 2. The van der Waals surface area contributed by atoms with Crippen LogP contribution in [-0.2, 0) is 4.79 Å². The number of rotatable bonds is 3. The van der Waals surface area contributed by atoms with Gasteiger partial charge in [0.25, 0.3) is 0 Å². The van der Waals surface area contributed by atoms with Gasteiger partial charge < -0.3 is 9.90 Å². The van der Waals surface area contributed by atoms with E-state index < -0.39 is 47.7 Å². The fourth-order valence-corrected chi connectivity index (χ4v) is 1.83. The molecule has 17 heteroatoms. The number of carbonyl (C=O) groups excluding carboxylic acids is 1. The topological polar surface area (TPSA) is 40.1 Å². The first-order valence-corrected chi connectivity index (χ1v) is 4.99. The van der Waals surface area contributed by atoms with Gasteiger partial charge in [0.2, 0.25) is 0 Å². The molecule has 0 aromatic carbocycles. The molecule has 0 aliphatic rings. The lowest BCUT2D eigenvalue weighted by Gasteiger charge is -2.50. The van der Waals surface area contributed by atoms with Gasteiger partial charge in [-0.05, 0) is 0 Å². The maximum absolute atomic E-state index is 13.7. The van der Waals surface area contributed by atoms with Crippen LogP contribution in [0.4, 0.5) is 65.9 Å². The van der Waals surface area contributed by atoms with E-state index in [9.17, 15) is 75.8 Å². The monoisotopic (exact) mass is 413 g/mol. The molecule has 1 unspecified atom stereocenters. The van der Waals surface area contributed by atoms with Crippen LogP contribution in [0.25, 0.3) is 0 Å². The van der Waals surface area contributed by atoms with Crippen molar-refractivity contribution in [2.75, 3.05) is 0 Å². The molecule has 0 aromatic rings. The Morgan fingerprint density at radius 1 is 0.520 bits per heavy atom. The molecule has 0 aliphatic carbocycles. The summed E-state index contributed by atoms with van der Waals surface area (Å²) in [5.41, 5.74) is -17.6. The van der Waals surface area contributed by atoms with E-state index in [1.165, 1.54) is 0 Å². The summed E-state index contributed by atoms with van der Waals surface area (Å²) >= 11 is 0. The molecule has 0 heterocycles.